The molecule has 3 rings (SSSR count). The van der Waals surface area contributed by atoms with E-state index in [2.05, 4.69) is 28.2 Å². The Morgan fingerprint density at radius 2 is 1.69 bits per heavy atom. The van der Waals surface area contributed by atoms with E-state index in [9.17, 15) is 9.59 Å². The first-order valence-electron chi connectivity index (χ1n) is 11.7. The van der Waals surface area contributed by atoms with Gasteiger partial charge in [-0.25, -0.2) is 0 Å². The van der Waals surface area contributed by atoms with Gasteiger partial charge in [0.25, 0.3) is 0 Å². The Balaban J connectivity index is 1.95. The average molecular weight is 576 g/mol. The number of carbonyl (C=O) groups excluding carboxylic acids is 2. The molecule has 4 nitrogen and oxygen atoms in total. The second kappa shape index (κ2) is 13.7. The predicted molar refractivity (Wildman–Crippen MR) is 147 cm³/mol. The molecule has 0 spiro atoms. The van der Waals surface area contributed by atoms with Crippen LogP contribution in [0.5, 0.6) is 0 Å². The summed E-state index contributed by atoms with van der Waals surface area (Å²) in [5, 5.41) is 3.97. The molecule has 0 aliphatic heterocycles. The molecule has 7 heteroatoms. The molecule has 0 bridgehead atoms. The lowest BCUT2D eigenvalue weighted by Crippen LogP contribution is -2.51. The van der Waals surface area contributed by atoms with Crippen molar-refractivity contribution in [2.45, 2.75) is 45.2 Å². The number of nitrogens with zero attached hydrogens (tertiary/aromatic N) is 1. The Bertz CT molecular complexity index is 1120. The van der Waals surface area contributed by atoms with Crippen molar-refractivity contribution in [3.8, 4) is 0 Å². The molecule has 0 fully saturated rings. The highest BCUT2D eigenvalue weighted by atomic mass is 79.9. The molecule has 35 heavy (non-hydrogen) atoms. The van der Waals surface area contributed by atoms with Crippen LogP contribution in [0.15, 0.2) is 77.3 Å². The summed E-state index contributed by atoms with van der Waals surface area (Å²) in [5.74, 6) is -0.335. The van der Waals surface area contributed by atoms with Crippen LogP contribution >= 0.6 is 39.1 Å². The molecule has 0 aliphatic rings. The second-order valence-electron chi connectivity index (χ2n) is 8.41. The van der Waals surface area contributed by atoms with Crippen LogP contribution in [-0.2, 0) is 29.0 Å². The number of amides is 2. The van der Waals surface area contributed by atoms with Crippen LogP contribution in [0.25, 0.3) is 0 Å². The lowest BCUT2D eigenvalue weighted by Gasteiger charge is -2.32. The SMILES string of the molecule is CCCCNC(=O)C(Cc1ccccc1)N(Cc1ccc(Br)cc1)C(=O)Cc1ccc(Cl)cc1Cl. The molecule has 0 saturated heterocycles. The van der Waals surface area contributed by atoms with E-state index >= 15 is 0 Å². The van der Waals surface area contributed by atoms with E-state index in [0.717, 1.165) is 28.4 Å². The quantitative estimate of drug-likeness (QED) is 0.254. The van der Waals surface area contributed by atoms with Crippen LogP contribution < -0.4 is 5.32 Å². The number of carbonyl (C=O) groups is 2. The molecule has 0 heterocycles. The third-order valence-corrected chi connectivity index (χ3v) is 6.84. The summed E-state index contributed by atoms with van der Waals surface area (Å²) in [7, 11) is 0. The van der Waals surface area contributed by atoms with Crippen molar-refractivity contribution in [3.63, 3.8) is 0 Å². The molecule has 0 aromatic heterocycles. The number of hydrogen-bond acceptors (Lipinski definition) is 2. The van der Waals surface area contributed by atoms with E-state index in [1.165, 1.54) is 0 Å². The highest BCUT2D eigenvalue weighted by Crippen LogP contribution is 2.24. The maximum absolute atomic E-state index is 13.7. The Morgan fingerprint density at radius 3 is 2.34 bits per heavy atom. The van der Waals surface area contributed by atoms with Crippen LogP contribution in [0.2, 0.25) is 10.0 Å². The van der Waals surface area contributed by atoms with Crippen LogP contribution in [-0.4, -0.2) is 29.3 Å². The van der Waals surface area contributed by atoms with Gasteiger partial charge in [-0.3, -0.25) is 9.59 Å². The van der Waals surface area contributed by atoms with Crippen molar-refractivity contribution in [1.82, 2.24) is 10.2 Å². The van der Waals surface area contributed by atoms with Crippen LogP contribution in [0.4, 0.5) is 0 Å². The van der Waals surface area contributed by atoms with E-state index < -0.39 is 6.04 Å². The van der Waals surface area contributed by atoms with E-state index in [1.807, 2.05) is 54.6 Å². The maximum atomic E-state index is 13.7. The molecule has 3 aromatic carbocycles. The van der Waals surface area contributed by atoms with Gasteiger partial charge in [-0.2, -0.15) is 0 Å². The predicted octanol–water partition coefficient (Wildman–Crippen LogP) is 6.85. The van der Waals surface area contributed by atoms with E-state index in [0.29, 0.717) is 35.1 Å². The molecule has 1 unspecified atom stereocenters. The highest BCUT2D eigenvalue weighted by Gasteiger charge is 2.30. The van der Waals surface area contributed by atoms with Gasteiger partial charge in [0, 0.05) is 34.0 Å². The Kier molecular flexibility index (Phi) is 10.6. The summed E-state index contributed by atoms with van der Waals surface area (Å²) in [6, 6.07) is 22.0. The smallest absolute Gasteiger partial charge is 0.243 e. The third-order valence-electron chi connectivity index (χ3n) is 5.72. The van der Waals surface area contributed by atoms with Crippen molar-refractivity contribution in [3.05, 3.63) is 104 Å². The standard InChI is InChI=1S/C28H29BrCl2N2O2/c1-2-3-15-32-28(35)26(16-20-7-5-4-6-8-20)33(19-21-9-12-23(29)13-10-21)27(34)17-22-11-14-24(30)18-25(22)31/h4-14,18,26H,2-3,15-17,19H2,1H3,(H,32,35). The van der Waals surface area contributed by atoms with Crippen molar-refractivity contribution in [2.24, 2.45) is 0 Å². The van der Waals surface area contributed by atoms with Gasteiger partial charge in [-0.05, 0) is 47.4 Å². The van der Waals surface area contributed by atoms with Gasteiger partial charge in [0.15, 0.2) is 0 Å². The summed E-state index contributed by atoms with van der Waals surface area (Å²) in [5.41, 5.74) is 2.59. The molecule has 0 aliphatic carbocycles. The minimum atomic E-state index is -0.670. The Hall–Kier alpha value is -2.34. The molecule has 184 valence electrons. The first-order valence-corrected chi connectivity index (χ1v) is 13.2. The van der Waals surface area contributed by atoms with E-state index in [4.69, 9.17) is 23.2 Å². The highest BCUT2D eigenvalue weighted by molar-refractivity contribution is 9.10. The van der Waals surface area contributed by atoms with Crippen LogP contribution in [0, 0.1) is 0 Å². The van der Waals surface area contributed by atoms with Crippen molar-refractivity contribution >= 4 is 50.9 Å². The number of unbranched alkanes of at least 4 members (excludes halogenated alkanes) is 1. The number of rotatable bonds is 11. The van der Waals surface area contributed by atoms with Gasteiger partial charge >= 0.3 is 0 Å². The molecule has 0 radical (unpaired) electrons. The fourth-order valence-corrected chi connectivity index (χ4v) is 4.52. The monoisotopic (exact) mass is 574 g/mol. The van der Waals surface area contributed by atoms with Gasteiger partial charge in [0.1, 0.15) is 6.04 Å². The van der Waals surface area contributed by atoms with Gasteiger partial charge in [-0.1, -0.05) is 101 Å². The zero-order valence-electron chi connectivity index (χ0n) is 19.6. The number of nitrogens with one attached hydrogen (secondary N) is 1. The molecule has 3 aromatic rings. The first kappa shape index (κ1) is 27.3. The van der Waals surface area contributed by atoms with Gasteiger partial charge in [0.2, 0.25) is 11.8 Å². The van der Waals surface area contributed by atoms with Crippen LogP contribution in [0.1, 0.15) is 36.5 Å². The first-order chi connectivity index (χ1) is 16.9. The minimum absolute atomic E-state index is 0.0695. The third kappa shape index (κ3) is 8.38. The largest absolute Gasteiger partial charge is 0.354 e. The lowest BCUT2D eigenvalue weighted by molar-refractivity contribution is -0.140. The van der Waals surface area contributed by atoms with Gasteiger partial charge < -0.3 is 10.2 Å². The topological polar surface area (TPSA) is 49.4 Å². The fourth-order valence-electron chi connectivity index (χ4n) is 3.78. The summed E-state index contributed by atoms with van der Waals surface area (Å²) in [4.78, 5) is 28.8. The Labute approximate surface area is 225 Å². The van der Waals surface area contributed by atoms with E-state index in [1.54, 1.807) is 23.1 Å². The molecule has 1 N–H and O–H groups in total. The van der Waals surface area contributed by atoms with Gasteiger partial charge in [0.05, 0.1) is 6.42 Å². The zero-order chi connectivity index (χ0) is 25.2. The summed E-state index contributed by atoms with van der Waals surface area (Å²) in [6.45, 7) is 2.95. The Morgan fingerprint density at radius 1 is 0.971 bits per heavy atom. The van der Waals surface area contributed by atoms with Crippen molar-refractivity contribution in [1.29, 1.82) is 0 Å². The molecular weight excluding hydrogens is 547 g/mol. The number of hydrogen-bond donors (Lipinski definition) is 1. The maximum Gasteiger partial charge on any atom is 0.243 e. The second-order valence-corrected chi connectivity index (χ2v) is 10.2. The van der Waals surface area contributed by atoms with Crippen molar-refractivity contribution in [2.75, 3.05) is 6.54 Å². The fraction of sp³-hybridized carbons (Fsp3) is 0.286. The summed E-state index contributed by atoms with van der Waals surface area (Å²) < 4.78 is 0.949. The normalized spacial score (nSPS) is 11.7. The average Bonchev–Trinajstić information content (AvgIpc) is 2.85. The van der Waals surface area contributed by atoms with Crippen LogP contribution in [0.3, 0.4) is 0 Å². The van der Waals surface area contributed by atoms with Crippen molar-refractivity contribution < 1.29 is 9.59 Å². The molecule has 1 atom stereocenters. The lowest BCUT2D eigenvalue weighted by atomic mass is 10.0. The zero-order valence-corrected chi connectivity index (χ0v) is 22.7. The van der Waals surface area contributed by atoms with E-state index in [-0.39, 0.29) is 18.2 Å². The minimum Gasteiger partial charge on any atom is -0.354 e. The molecule has 0 saturated carbocycles. The molecular formula is C28H29BrCl2N2O2. The van der Waals surface area contributed by atoms with Gasteiger partial charge in [-0.15, -0.1) is 0 Å². The summed E-state index contributed by atoms with van der Waals surface area (Å²) >= 11 is 15.9. The molecule has 2 amide bonds. The number of halogens is 3. The summed E-state index contributed by atoms with van der Waals surface area (Å²) in [6.07, 6.45) is 2.33. The number of benzene rings is 3.